The molecular weight excluding hydrogens is 388 g/mol. The molecule has 1 aliphatic heterocycles. The van der Waals surface area contributed by atoms with Gasteiger partial charge in [-0.05, 0) is 31.7 Å². The summed E-state index contributed by atoms with van der Waals surface area (Å²) in [5, 5.41) is 0.963. The quantitative estimate of drug-likeness (QED) is 0.654. The van der Waals surface area contributed by atoms with Crippen LogP contribution in [0.1, 0.15) is 21.5 Å². The fourth-order valence-electron chi connectivity index (χ4n) is 4.25. The standard InChI is InChI=1S/C25H30N4O2/c1-18-10-11-21-20(16-18)23(28-14-12-27(4)13-15-28)22(24(30)26(2)3)25(31)29(21)17-19-8-6-5-7-9-19/h5-11,16H,12-15,17H2,1-4H3. The number of rotatable bonds is 4. The average Bonchev–Trinajstić information content (AvgIpc) is 2.76. The Morgan fingerprint density at radius 3 is 2.32 bits per heavy atom. The van der Waals surface area contributed by atoms with Gasteiger partial charge in [0.2, 0.25) is 0 Å². The molecule has 3 aromatic rings. The number of amides is 1. The summed E-state index contributed by atoms with van der Waals surface area (Å²) in [5.74, 6) is -0.246. The van der Waals surface area contributed by atoms with E-state index >= 15 is 0 Å². The van der Waals surface area contributed by atoms with Crippen molar-refractivity contribution in [3.63, 3.8) is 0 Å². The summed E-state index contributed by atoms with van der Waals surface area (Å²) in [6.07, 6.45) is 0. The van der Waals surface area contributed by atoms with Crippen molar-refractivity contribution in [1.82, 2.24) is 14.4 Å². The molecule has 0 unspecified atom stereocenters. The maximum absolute atomic E-state index is 13.8. The normalized spacial score (nSPS) is 14.8. The number of piperazine rings is 1. The molecule has 0 radical (unpaired) electrons. The fourth-order valence-corrected chi connectivity index (χ4v) is 4.25. The number of aryl methyl sites for hydroxylation is 1. The zero-order valence-electron chi connectivity index (χ0n) is 18.8. The van der Waals surface area contributed by atoms with Gasteiger partial charge in [0.25, 0.3) is 11.5 Å². The van der Waals surface area contributed by atoms with Gasteiger partial charge in [0.05, 0.1) is 17.7 Å². The Hall–Kier alpha value is -3.12. The van der Waals surface area contributed by atoms with Crippen molar-refractivity contribution in [3.8, 4) is 0 Å². The number of anilines is 1. The van der Waals surface area contributed by atoms with Crippen molar-refractivity contribution in [3.05, 3.63) is 75.6 Å². The van der Waals surface area contributed by atoms with Gasteiger partial charge in [-0.1, -0.05) is 42.0 Å². The van der Waals surface area contributed by atoms with Crippen molar-refractivity contribution in [2.24, 2.45) is 0 Å². The van der Waals surface area contributed by atoms with Crippen molar-refractivity contribution < 1.29 is 4.79 Å². The lowest BCUT2D eigenvalue weighted by Gasteiger charge is -2.36. The number of nitrogens with zero attached hydrogens (tertiary/aromatic N) is 4. The molecule has 2 heterocycles. The predicted molar refractivity (Wildman–Crippen MR) is 126 cm³/mol. The molecule has 6 heteroatoms. The van der Waals surface area contributed by atoms with E-state index < -0.39 is 0 Å². The van der Waals surface area contributed by atoms with Crippen LogP contribution in [0.2, 0.25) is 0 Å². The van der Waals surface area contributed by atoms with Crippen molar-refractivity contribution in [2.75, 3.05) is 52.2 Å². The second kappa shape index (κ2) is 8.55. The summed E-state index contributed by atoms with van der Waals surface area (Å²) >= 11 is 0. The van der Waals surface area contributed by atoms with E-state index in [1.807, 2.05) is 49.4 Å². The number of likely N-dealkylation sites (N-methyl/N-ethyl adjacent to an activating group) is 1. The van der Waals surface area contributed by atoms with E-state index in [2.05, 4.69) is 22.9 Å². The Balaban J connectivity index is 2.01. The zero-order chi connectivity index (χ0) is 22.1. The minimum absolute atomic E-state index is 0.229. The van der Waals surface area contributed by atoms with Crippen molar-refractivity contribution in [1.29, 1.82) is 0 Å². The van der Waals surface area contributed by atoms with Gasteiger partial charge in [0.1, 0.15) is 5.56 Å². The summed E-state index contributed by atoms with van der Waals surface area (Å²) < 4.78 is 1.75. The Labute approximate surface area is 183 Å². The Morgan fingerprint density at radius 1 is 1.00 bits per heavy atom. The van der Waals surface area contributed by atoms with Crippen molar-refractivity contribution >= 4 is 22.5 Å². The Kier molecular flexibility index (Phi) is 5.83. The molecule has 0 atom stereocenters. The molecule has 2 aromatic carbocycles. The van der Waals surface area contributed by atoms with Crippen LogP contribution < -0.4 is 10.5 Å². The number of hydrogen-bond donors (Lipinski definition) is 0. The van der Waals surface area contributed by atoms with Gasteiger partial charge in [-0.25, -0.2) is 0 Å². The van der Waals surface area contributed by atoms with Crippen LogP contribution in [0, 0.1) is 6.92 Å². The van der Waals surface area contributed by atoms with E-state index in [-0.39, 0.29) is 17.0 Å². The number of carbonyl (C=O) groups excluding carboxylic acids is 1. The lowest BCUT2D eigenvalue weighted by molar-refractivity contribution is 0.0826. The highest BCUT2D eigenvalue weighted by atomic mass is 16.2. The molecule has 1 saturated heterocycles. The maximum atomic E-state index is 13.8. The molecule has 1 amide bonds. The number of hydrogen-bond acceptors (Lipinski definition) is 4. The minimum atomic E-state index is -0.246. The van der Waals surface area contributed by atoms with Gasteiger partial charge in [-0.15, -0.1) is 0 Å². The van der Waals surface area contributed by atoms with Gasteiger partial charge in [0.15, 0.2) is 0 Å². The number of aromatic nitrogens is 1. The minimum Gasteiger partial charge on any atom is -0.368 e. The second-order valence-corrected chi connectivity index (χ2v) is 8.61. The molecule has 1 fully saturated rings. The van der Waals surface area contributed by atoms with Crippen LogP contribution in [0.3, 0.4) is 0 Å². The monoisotopic (exact) mass is 418 g/mol. The summed E-state index contributed by atoms with van der Waals surface area (Å²) in [7, 11) is 5.51. The molecule has 0 bridgehead atoms. The van der Waals surface area contributed by atoms with Crippen LogP contribution in [0.5, 0.6) is 0 Å². The first-order valence-corrected chi connectivity index (χ1v) is 10.7. The van der Waals surface area contributed by atoms with Crippen molar-refractivity contribution in [2.45, 2.75) is 13.5 Å². The molecule has 1 aliphatic rings. The second-order valence-electron chi connectivity index (χ2n) is 8.61. The molecule has 0 N–H and O–H groups in total. The predicted octanol–water partition coefficient (Wildman–Crippen LogP) is 2.81. The fraction of sp³-hybridized carbons (Fsp3) is 0.360. The first kappa shape index (κ1) is 21.1. The molecule has 31 heavy (non-hydrogen) atoms. The van der Waals surface area contributed by atoms with Crippen LogP contribution in [0.4, 0.5) is 5.69 Å². The lowest BCUT2D eigenvalue weighted by Crippen LogP contribution is -2.46. The molecule has 6 nitrogen and oxygen atoms in total. The van der Waals surface area contributed by atoms with Gasteiger partial charge in [-0.3, -0.25) is 9.59 Å². The number of benzene rings is 2. The van der Waals surface area contributed by atoms with E-state index in [4.69, 9.17) is 0 Å². The molecule has 162 valence electrons. The third-order valence-corrected chi connectivity index (χ3v) is 6.02. The Bertz CT molecular complexity index is 1160. The third-order valence-electron chi connectivity index (χ3n) is 6.02. The molecular formula is C25H30N4O2. The van der Waals surface area contributed by atoms with E-state index in [0.717, 1.165) is 53.9 Å². The summed E-state index contributed by atoms with van der Waals surface area (Å²) in [4.78, 5) is 33.1. The van der Waals surface area contributed by atoms with Gasteiger partial charge >= 0.3 is 0 Å². The van der Waals surface area contributed by atoms with Gasteiger partial charge < -0.3 is 19.3 Å². The molecule has 0 spiro atoms. The summed E-state index contributed by atoms with van der Waals surface area (Å²) in [6.45, 7) is 5.85. The molecule has 4 rings (SSSR count). The maximum Gasteiger partial charge on any atom is 0.266 e. The number of fused-ring (bicyclic) bond motifs is 1. The SMILES string of the molecule is Cc1ccc2c(c1)c(N1CCN(C)CC1)c(C(=O)N(C)C)c(=O)n2Cc1ccccc1. The average molecular weight is 419 g/mol. The largest absolute Gasteiger partial charge is 0.368 e. The van der Waals surface area contributed by atoms with Crippen LogP contribution in [-0.2, 0) is 6.54 Å². The third kappa shape index (κ3) is 4.08. The lowest BCUT2D eigenvalue weighted by atomic mass is 10.0. The summed E-state index contributed by atoms with van der Waals surface area (Å²) in [5.41, 5.74) is 3.82. The molecule has 0 saturated carbocycles. The first-order chi connectivity index (χ1) is 14.9. The topological polar surface area (TPSA) is 48.8 Å². The molecule has 0 aliphatic carbocycles. The molecule has 1 aromatic heterocycles. The first-order valence-electron chi connectivity index (χ1n) is 10.7. The van der Waals surface area contributed by atoms with Gasteiger partial charge in [0, 0.05) is 45.7 Å². The van der Waals surface area contributed by atoms with Crippen LogP contribution >= 0.6 is 0 Å². The van der Waals surface area contributed by atoms with E-state index in [0.29, 0.717) is 6.54 Å². The van der Waals surface area contributed by atoms with Crippen LogP contribution in [-0.4, -0.2) is 67.6 Å². The Morgan fingerprint density at radius 2 is 1.68 bits per heavy atom. The van der Waals surface area contributed by atoms with Crippen LogP contribution in [0.25, 0.3) is 10.9 Å². The number of carbonyl (C=O) groups is 1. The highest BCUT2D eigenvalue weighted by Gasteiger charge is 2.28. The van der Waals surface area contributed by atoms with E-state index in [9.17, 15) is 9.59 Å². The highest BCUT2D eigenvalue weighted by Crippen LogP contribution is 2.31. The van der Waals surface area contributed by atoms with Gasteiger partial charge in [-0.2, -0.15) is 0 Å². The smallest absolute Gasteiger partial charge is 0.266 e. The van der Waals surface area contributed by atoms with E-state index in [1.165, 1.54) is 4.90 Å². The van der Waals surface area contributed by atoms with E-state index in [1.54, 1.807) is 18.7 Å². The van der Waals surface area contributed by atoms with Crippen LogP contribution in [0.15, 0.2) is 53.3 Å². The summed E-state index contributed by atoms with van der Waals surface area (Å²) in [6, 6.07) is 16.1. The number of pyridine rings is 1. The highest BCUT2D eigenvalue weighted by molar-refractivity contribution is 6.07. The zero-order valence-corrected chi connectivity index (χ0v) is 18.8.